The molecule has 0 amide bonds. The quantitative estimate of drug-likeness (QED) is 0.831. The van der Waals surface area contributed by atoms with Crippen LogP contribution < -0.4 is 5.32 Å². The summed E-state index contributed by atoms with van der Waals surface area (Å²) in [4.78, 5) is 0. The summed E-state index contributed by atoms with van der Waals surface area (Å²) in [5.41, 5.74) is 5.75. The lowest BCUT2D eigenvalue weighted by Crippen LogP contribution is -2.19. The highest BCUT2D eigenvalue weighted by Gasteiger charge is 2.20. The summed E-state index contributed by atoms with van der Waals surface area (Å²) in [6.45, 7) is 2.25. The Morgan fingerprint density at radius 2 is 1.89 bits per heavy atom. The van der Waals surface area contributed by atoms with Gasteiger partial charge in [-0.05, 0) is 36.0 Å². The summed E-state index contributed by atoms with van der Waals surface area (Å²) >= 11 is 0. The zero-order chi connectivity index (χ0) is 13.1. The third-order valence-electron chi connectivity index (χ3n) is 3.98. The van der Waals surface area contributed by atoms with E-state index in [9.17, 15) is 0 Å². The van der Waals surface area contributed by atoms with Gasteiger partial charge in [0.25, 0.3) is 0 Å². The average molecular weight is 251 g/mol. The van der Waals surface area contributed by atoms with Gasteiger partial charge < -0.3 is 5.32 Å². The molecule has 1 atom stereocenters. The Hall–Kier alpha value is -1.76. The zero-order valence-corrected chi connectivity index (χ0v) is 11.5. The number of nitrogens with one attached hydrogen (secondary N) is 1. The Morgan fingerprint density at radius 1 is 1.05 bits per heavy atom. The highest BCUT2D eigenvalue weighted by atomic mass is 14.9. The van der Waals surface area contributed by atoms with Crippen LogP contribution in [0, 0.1) is 0 Å². The van der Waals surface area contributed by atoms with Crippen molar-refractivity contribution in [2.45, 2.75) is 38.6 Å². The maximum absolute atomic E-state index is 3.77. The number of fused-ring (bicyclic) bond motifs is 1. The molecule has 19 heavy (non-hydrogen) atoms. The first-order valence-electron chi connectivity index (χ1n) is 7.30. The first-order chi connectivity index (χ1) is 9.38. The summed E-state index contributed by atoms with van der Waals surface area (Å²) in [5, 5.41) is 3.77. The van der Waals surface area contributed by atoms with Crippen LogP contribution in [0.3, 0.4) is 0 Å². The first-order valence-corrected chi connectivity index (χ1v) is 7.30. The Labute approximate surface area is 115 Å². The molecular weight excluding hydrogens is 230 g/mol. The molecule has 2 aromatic rings. The van der Waals surface area contributed by atoms with Crippen LogP contribution in [0.1, 0.15) is 42.5 Å². The molecule has 0 saturated carbocycles. The van der Waals surface area contributed by atoms with E-state index < -0.39 is 0 Å². The van der Waals surface area contributed by atoms with Crippen LogP contribution in [-0.4, -0.2) is 0 Å². The van der Waals surface area contributed by atoms with Crippen LogP contribution in [0.4, 0.5) is 5.69 Å². The molecule has 1 unspecified atom stereocenters. The van der Waals surface area contributed by atoms with Crippen LogP contribution in [0.5, 0.6) is 0 Å². The number of hydrogen-bond donors (Lipinski definition) is 1. The van der Waals surface area contributed by atoms with Crippen LogP contribution in [0.25, 0.3) is 0 Å². The van der Waals surface area contributed by atoms with Crippen LogP contribution in [0.2, 0.25) is 0 Å². The van der Waals surface area contributed by atoms with E-state index in [1.54, 1.807) is 0 Å². The first kappa shape index (κ1) is 12.3. The smallest absolute Gasteiger partial charge is 0.0517 e. The van der Waals surface area contributed by atoms with Gasteiger partial charge in [-0.3, -0.25) is 0 Å². The third kappa shape index (κ3) is 2.51. The van der Waals surface area contributed by atoms with Gasteiger partial charge in [0.15, 0.2) is 0 Å². The average Bonchev–Trinajstić information content (AvgIpc) is 2.48. The summed E-state index contributed by atoms with van der Waals surface area (Å²) in [5.74, 6) is 0. The largest absolute Gasteiger partial charge is 0.378 e. The predicted molar refractivity (Wildman–Crippen MR) is 81.6 cm³/mol. The van der Waals surface area contributed by atoms with Crippen molar-refractivity contribution < 1.29 is 0 Å². The van der Waals surface area contributed by atoms with Crippen LogP contribution in [0.15, 0.2) is 48.5 Å². The van der Waals surface area contributed by atoms with Gasteiger partial charge in [0.2, 0.25) is 0 Å². The van der Waals surface area contributed by atoms with E-state index in [-0.39, 0.29) is 0 Å². The molecule has 0 radical (unpaired) electrons. The maximum Gasteiger partial charge on any atom is 0.0517 e. The van der Waals surface area contributed by atoms with E-state index in [2.05, 4.69) is 60.8 Å². The molecule has 3 rings (SSSR count). The molecule has 1 aliphatic rings. The van der Waals surface area contributed by atoms with Crippen molar-refractivity contribution in [2.75, 3.05) is 5.32 Å². The SMILES string of the molecule is CCCc1cccc2c1NC(c1ccccc1)CC2. The highest BCUT2D eigenvalue weighted by Crippen LogP contribution is 2.35. The van der Waals surface area contributed by atoms with Crippen LogP contribution in [-0.2, 0) is 12.8 Å². The minimum Gasteiger partial charge on any atom is -0.378 e. The standard InChI is InChI=1S/C18H21N/c1-2-7-15-10-6-11-16-12-13-17(19-18(15)16)14-8-4-3-5-9-14/h3-6,8-11,17,19H,2,7,12-13H2,1H3. The maximum atomic E-state index is 3.77. The van der Waals surface area contributed by atoms with Gasteiger partial charge in [-0.25, -0.2) is 0 Å². The molecule has 1 N–H and O–H groups in total. The zero-order valence-electron chi connectivity index (χ0n) is 11.5. The number of para-hydroxylation sites is 1. The molecule has 0 saturated heterocycles. The second kappa shape index (κ2) is 5.48. The van der Waals surface area contributed by atoms with E-state index in [0.717, 1.165) is 6.42 Å². The van der Waals surface area contributed by atoms with Gasteiger partial charge in [0.05, 0.1) is 6.04 Å². The van der Waals surface area contributed by atoms with Gasteiger partial charge in [0, 0.05) is 5.69 Å². The molecule has 0 bridgehead atoms. The molecule has 1 heterocycles. The van der Waals surface area contributed by atoms with Crippen molar-refractivity contribution in [3.05, 3.63) is 65.2 Å². The van der Waals surface area contributed by atoms with E-state index in [1.807, 2.05) is 0 Å². The summed E-state index contributed by atoms with van der Waals surface area (Å²) < 4.78 is 0. The minimum absolute atomic E-state index is 0.465. The Kier molecular flexibility index (Phi) is 3.54. The molecule has 98 valence electrons. The normalized spacial score (nSPS) is 17.6. The van der Waals surface area contributed by atoms with E-state index in [0.29, 0.717) is 6.04 Å². The molecule has 0 aromatic heterocycles. The fourth-order valence-electron chi connectivity index (χ4n) is 3.01. The Balaban J connectivity index is 1.90. The summed E-state index contributed by atoms with van der Waals surface area (Å²) in [6, 6.07) is 18.0. The molecule has 0 spiro atoms. The van der Waals surface area contributed by atoms with Crippen molar-refractivity contribution in [1.82, 2.24) is 0 Å². The number of aryl methyl sites for hydroxylation is 2. The lowest BCUT2D eigenvalue weighted by Gasteiger charge is -2.29. The predicted octanol–water partition coefficient (Wildman–Crippen LogP) is 4.74. The van der Waals surface area contributed by atoms with Crippen molar-refractivity contribution in [3.8, 4) is 0 Å². The van der Waals surface area contributed by atoms with E-state index in [1.165, 1.54) is 41.6 Å². The molecule has 0 aliphatic carbocycles. The number of rotatable bonds is 3. The van der Waals surface area contributed by atoms with Crippen molar-refractivity contribution in [1.29, 1.82) is 0 Å². The molecule has 1 aliphatic heterocycles. The van der Waals surface area contributed by atoms with E-state index >= 15 is 0 Å². The topological polar surface area (TPSA) is 12.0 Å². The van der Waals surface area contributed by atoms with Gasteiger partial charge in [0.1, 0.15) is 0 Å². The van der Waals surface area contributed by atoms with Crippen molar-refractivity contribution in [3.63, 3.8) is 0 Å². The third-order valence-corrected chi connectivity index (χ3v) is 3.98. The fraction of sp³-hybridized carbons (Fsp3) is 0.333. The Morgan fingerprint density at radius 3 is 2.68 bits per heavy atom. The molecule has 2 aromatic carbocycles. The molecular formula is C18H21N. The summed E-state index contributed by atoms with van der Waals surface area (Å²) in [7, 11) is 0. The molecule has 1 nitrogen and oxygen atoms in total. The van der Waals surface area contributed by atoms with Crippen molar-refractivity contribution >= 4 is 5.69 Å². The fourth-order valence-corrected chi connectivity index (χ4v) is 3.01. The van der Waals surface area contributed by atoms with Gasteiger partial charge in [-0.2, -0.15) is 0 Å². The van der Waals surface area contributed by atoms with Gasteiger partial charge in [-0.1, -0.05) is 61.9 Å². The second-order valence-electron chi connectivity index (χ2n) is 5.35. The van der Waals surface area contributed by atoms with Gasteiger partial charge >= 0.3 is 0 Å². The number of anilines is 1. The van der Waals surface area contributed by atoms with E-state index in [4.69, 9.17) is 0 Å². The highest BCUT2D eigenvalue weighted by molar-refractivity contribution is 5.60. The lowest BCUT2D eigenvalue weighted by molar-refractivity contribution is 0.664. The second-order valence-corrected chi connectivity index (χ2v) is 5.35. The number of hydrogen-bond acceptors (Lipinski definition) is 1. The monoisotopic (exact) mass is 251 g/mol. The van der Waals surface area contributed by atoms with Crippen molar-refractivity contribution in [2.24, 2.45) is 0 Å². The minimum atomic E-state index is 0.465. The van der Waals surface area contributed by atoms with Crippen LogP contribution >= 0.6 is 0 Å². The molecule has 0 fully saturated rings. The van der Waals surface area contributed by atoms with Gasteiger partial charge in [-0.15, -0.1) is 0 Å². The molecule has 1 heteroatoms. The summed E-state index contributed by atoms with van der Waals surface area (Å²) in [6.07, 6.45) is 4.73. The Bertz CT molecular complexity index is 545. The number of benzene rings is 2. The lowest BCUT2D eigenvalue weighted by atomic mass is 9.91.